The van der Waals surface area contributed by atoms with Gasteiger partial charge in [-0.1, -0.05) is 5.16 Å². The van der Waals surface area contributed by atoms with Crippen molar-refractivity contribution in [1.29, 1.82) is 0 Å². The highest BCUT2D eigenvalue weighted by Crippen LogP contribution is 2.60. The molecule has 5 aliphatic rings. The molecule has 1 aromatic rings. The van der Waals surface area contributed by atoms with Crippen LogP contribution in [0.1, 0.15) is 69.7 Å². The molecule has 4 aliphatic carbocycles. The Labute approximate surface area is 195 Å². The molecule has 6 rings (SSSR count). The minimum Gasteiger partial charge on any atom is -0.454 e. The molecule has 182 valence electrons. The molecule has 0 radical (unpaired) electrons. The number of hydrogen-bond acceptors (Lipinski definition) is 7. The first-order chi connectivity index (χ1) is 15.6. The van der Waals surface area contributed by atoms with E-state index >= 15 is 0 Å². The van der Waals surface area contributed by atoms with Crippen LogP contribution >= 0.6 is 0 Å². The van der Waals surface area contributed by atoms with Crippen LogP contribution in [-0.4, -0.2) is 48.8 Å². The lowest BCUT2D eigenvalue weighted by atomic mass is 9.48. The van der Waals surface area contributed by atoms with Crippen molar-refractivity contribution in [2.24, 2.45) is 29.1 Å². The van der Waals surface area contributed by atoms with Crippen LogP contribution in [0.25, 0.3) is 0 Å². The highest BCUT2D eigenvalue weighted by Gasteiger charge is 2.55. The number of piperidine rings is 1. The van der Waals surface area contributed by atoms with Crippen LogP contribution in [-0.2, 0) is 24.3 Å². The number of Topliss-reactive ketones (excluding diaryl/α,β-unsaturated/α-hetero) is 1. The third-order valence-electron chi connectivity index (χ3n) is 8.51. The highest BCUT2D eigenvalue weighted by atomic mass is 32.2. The first kappa shape index (κ1) is 23.0. The summed E-state index contributed by atoms with van der Waals surface area (Å²) in [4.78, 5) is 26.5. The lowest BCUT2D eigenvalue weighted by Gasteiger charge is -2.56. The summed E-state index contributed by atoms with van der Waals surface area (Å²) >= 11 is 0. The molecule has 2 heterocycles. The van der Waals surface area contributed by atoms with E-state index in [9.17, 15) is 18.0 Å². The summed E-state index contributed by atoms with van der Waals surface area (Å²) in [7, 11) is -3.82. The number of ether oxygens (including phenoxy) is 1. The van der Waals surface area contributed by atoms with E-state index in [2.05, 4.69) is 5.16 Å². The topological polar surface area (TPSA) is 107 Å². The number of nitrogens with zero attached hydrogens (tertiary/aromatic N) is 2. The summed E-state index contributed by atoms with van der Waals surface area (Å²) < 4.78 is 38.4. The molecule has 0 spiro atoms. The van der Waals surface area contributed by atoms with Crippen molar-refractivity contribution in [2.45, 2.75) is 83.1 Å². The number of sulfonamides is 1. The third-order valence-corrected chi connectivity index (χ3v) is 10.6. The van der Waals surface area contributed by atoms with E-state index in [1.807, 2.05) is 0 Å². The molecule has 0 unspecified atom stereocenters. The molecule has 0 N–H and O–H groups in total. The number of carbonyl (C=O) groups excluding carboxylic acids is 2. The summed E-state index contributed by atoms with van der Waals surface area (Å²) in [6.45, 7) is 5.23. The molecule has 1 aromatic heterocycles. The maximum atomic E-state index is 13.5. The van der Waals surface area contributed by atoms with Gasteiger partial charge in [-0.15, -0.1) is 0 Å². The van der Waals surface area contributed by atoms with Crippen LogP contribution < -0.4 is 0 Å². The summed E-state index contributed by atoms with van der Waals surface area (Å²) in [6.07, 6.45) is 6.87. The van der Waals surface area contributed by atoms with Gasteiger partial charge in [0.25, 0.3) is 0 Å². The average molecular weight is 479 g/mol. The van der Waals surface area contributed by atoms with Gasteiger partial charge in [0.1, 0.15) is 10.6 Å². The Hall–Kier alpha value is -1.74. The van der Waals surface area contributed by atoms with Gasteiger partial charge in [0.2, 0.25) is 10.0 Å². The number of esters is 1. The predicted molar refractivity (Wildman–Crippen MR) is 119 cm³/mol. The number of carbonyl (C=O) groups is 2. The molecule has 1 aliphatic heterocycles. The van der Waals surface area contributed by atoms with Crippen LogP contribution in [0.3, 0.4) is 0 Å². The van der Waals surface area contributed by atoms with Crippen molar-refractivity contribution in [3.8, 4) is 0 Å². The van der Waals surface area contributed by atoms with Crippen LogP contribution in [0.15, 0.2) is 9.42 Å². The molecule has 5 fully saturated rings. The summed E-state index contributed by atoms with van der Waals surface area (Å²) in [5.41, 5.74) is -0.00769. The fourth-order valence-corrected chi connectivity index (χ4v) is 9.31. The second kappa shape index (κ2) is 8.18. The minimum absolute atomic E-state index is 0.0451. The Bertz CT molecular complexity index is 1010. The molecule has 0 amide bonds. The van der Waals surface area contributed by atoms with E-state index in [-0.39, 0.29) is 28.4 Å². The standard InChI is InChI=1S/C24H34N2O6S/c1-14-21(15(2)32-25-14)33(29,30)26-6-4-5-20(13-26)23(28)31-16(3)22(27)24-10-17-7-18(11-24)9-19(8-17)12-24/h16-20H,4-13H2,1-3H3/t16-,17?,18?,19?,20-,24?/m1/s1. The van der Waals surface area contributed by atoms with Gasteiger partial charge < -0.3 is 9.26 Å². The second-order valence-corrected chi connectivity index (χ2v) is 12.9. The Kier molecular flexibility index (Phi) is 5.71. The van der Waals surface area contributed by atoms with E-state index in [4.69, 9.17) is 9.26 Å². The lowest BCUT2D eigenvalue weighted by Crippen LogP contribution is -2.53. The van der Waals surface area contributed by atoms with Crippen molar-refractivity contribution in [3.05, 3.63) is 11.5 Å². The smallest absolute Gasteiger partial charge is 0.310 e. The molecule has 4 bridgehead atoms. The van der Waals surface area contributed by atoms with Crippen molar-refractivity contribution >= 4 is 21.8 Å². The Morgan fingerprint density at radius 3 is 2.27 bits per heavy atom. The zero-order chi connectivity index (χ0) is 23.5. The van der Waals surface area contributed by atoms with Gasteiger partial charge in [-0.3, -0.25) is 9.59 Å². The molecule has 33 heavy (non-hydrogen) atoms. The number of hydrogen-bond donors (Lipinski definition) is 0. The number of aromatic nitrogens is 1. The average Bonchev–Trinajstić information content (AvgIpc) is 3.11. The molecule has 2 atom stereocenters. The van der Waals surface area contributed by atoms with E-state index in [1.165, 1.54) is 23.6 Å². The Balaban J connectivity index is 1.25. The first-order valence-corrected chi connectivity index (χ1v) is 13.7. The van der Waals surface area contributed by atoms with Gasteiger partial charge in [-0.2, -0.15) is 4.31 Å². The fourth-order valence-electron chi connectivity index (χ4n) is 7.49. The van der Waals surface area contributed by atoms with Gasteiger partial charge in [-0.25, -0.2) is 8.42 Å². The number of aryl methyl sites for hydroxylation is 2. The highest BCUT2D eigenvalue weighted by molar-refractivity contribution is 7.89. The van der Waals surface area contributed by atoms with Crippen LogP contribution in [0, 0.1) is 42.9 Å². The van der Waals surface area contributed by atoms with Crippen LogP contribution in [0.4, 0.5) is 0 Å². The van der Waals surface area contributed by atoms with Gasteiger partial charge in [-0.05, 0) is 89.9 Å². The fraction of sp³-hybridized carbons (Fsp3) is 0.792. The maximum absolute atomic E-state index is 13.5. The molecule has 0 aromatic carbocycles. The molecule has 4 saturated carbocycles. The lowest BCUT2D eigenvalue weighted by molar-refractivity contribution is -0.168. The van der Waals surface area contributed by atoms with E-state index in [0.29, 0.717) is 42.8 Å². The zero-order valence-corrected chi connectivity index (χ0v) is 20.5. The molecule has 9 heteroatoms. The van der Waals surface area contributed by atoms with Crippen LogP contribution in [0.5, 0.6) is 0 Å². The second-order valence-electron chi connectivity index (χ2n) is 11.0. The third kappa shape index (κ3) is 3.95. The van der Waals surface area contributed by atoms with Gasteiger partial charge >= 0.3 is 5.97 Å². The summed E-state index contributed by atoms with van der Waals surface area (Å²) in [5, 5.41) is 3.76. The van der Waals surface area contributed by atoms with Crippen molar-refractivity contribution < 1.29 is 27.3 Å². The van der Waals surface area contributed by atoms with E-state index in [1.54, 1.807) is 20.8 Å². The van der Waals surface area contributed by atoms with Crippen molar-refractivity contribution in [2.75, 3.05) is 13.1 Å². The van der Waals surface area contributed by atoms with Crippen LogP contribution in [0.2, 0.25) is 0 Å². The molecular formula is C24H34N2O6S. The largest absolute Gasteiger partial charge is 0.454 e. The molecule has 1 saturated heterocycles. The summed E-state index contributed by atoms with van der Waals surface area (Å²) in [6, 6.07) is 0. The SMILES string of the molecule is Cc1noc(C)c1S(=O)(=O)N1CCC[C@@H](C(=O)O[C@H](C)C(=O)C23CC4CC(CC(C4)C2)C3)C1. The van der Waals surface area contributed by atoms with E-state index < -0.39 is 28.0 Å². The van der Waals surface area contributed by atoms with E-state index in [0.717, 1.165) is 19.3 Å². The Morgan fingerprint density at radius 2 is 1.73 bits per heavy atom. The van der Waals surface area contributed by atoms with Gasteiger partial charge in [0.05, 0.1) is 5.92 Å². The monoisotopic (exact) mass is 478 g/mol. The Morgan fingerprint density at radius 1 is 1.12 bits per heavy atom. The number of rotatable bonds is 6. The van der Waals surface area contributed by atoms with Gasteiger partial charge in [0.15, 0.2) is 17.6 Å². The normalized spacial score (nSPS) is 34.9. The van der Waals surface area contributed by atoms with Gasteiger partial charge in [0, 0.05) is 18.5 Å². The maximum Gasteiger partial charge on any atom is 0.310 e. The first-order valence-electron chi connectivity index (χ1n) is 12.3. The van der Waals surface area contributed by atoms with Crippen molar-refractivity contribution in [1.82, 2.24) is 9.46 Å². The molecular weight excluding hydrogens is 444 g/mol. The quantitative estimate of drug-likeness (QED) is 0.577. The summed E-state index contributed by atoms with van der Waals surface area (Å²) in [5.74, 6) is 1.19. The predicted octanol–water partition coefficient (Wildman–Crippen LogP) is 3.41. The van der Waals surface area contributed by atoms with Crippen molar-refractivity contribution in [3.63, 3.8) is 0 Å². The minimum atomic E-state index is -3.82. The number of ketones is 1. The zero-order valence-electron chi connectivity index (χ0n) is 19.7. The molecule has 8 nitrogen and oxygen atoms in total.